The quantitative estimate of drug-likeness (QED) is 0.635. The Labute approximate surface area is 173 Å². The van der Waals surface area contributed by atoms with Gasteiger partial charge in [-0.15, -0.1) is 16.4 Å². The van der Waals surface area contributed by atoms with E-state index in [4.69, 9.17) is 16.3 Å². The maximum absolute atomic E-state index is 13.0. The molecule has 0 aliphatic carbocycles. The van der Waals surface area contributed by atoms with Crippen molar-refractivity contribution in [1.82, 2.24) is 14.1 Å². The highest BCUT2D eigenvalue weighted by Crippen LogP contribution is 2.15. The van der Waals surface area contributed by atoms with E-state index in [-0.39, 0.29) is 16.3 Å². The number of halogens is 1. The second-order valence-electron chi connectivity index (χ2n) is 5.89. The van der Waals surface area contributed by atoms with Crippen LogP contribution in [0, 0.1) is 0 Å². The average Bonchev–Trinajstić information content (AvgIpc) is 3.39. The van der Waals surface area contributed by atoms with E-state index in [0.29, 0.717) is 36.2 Å². The first-order valence-electron chi connectivity index (χ1n) is 8.48. The van der Waals surface area contributed by atoms with Crippen LogP contribution in [-0.2, 0) is 4.74 Å². The lowest BCUT2D eigenvalue weighted by Crippen LogP contribution is -2.42. The van der Waals surface area contributed by atoms with Gasteiger partial charge in [-0.05, 0) is 47.2 Å². The Morgan fingerprint density at radius 2 is 1.89 bits per heavy atom. The Morgan fingerprint density at radius 1 is 1.14 bits per heavy atom. The smallest absolute Gasteiger partial charge is 0.288 e. The molecule has 1 aromatic carbocycles. The Balaban J connectivity index is 1.76. The maximum atomic E-state index is 13.0. The first kappa shape index (κ1) is 19.0. The monoisotopic (exact) mass is 434 g/mol. The molecule has 10 heteroatoms. The molecule has 0 atom stereocenters. The number of ether oxygens (including phenoxy) is 1. The molecule has 28 heavy (non-hydrogen) atoms. The van der Waals surface area contributed by atoms with Crippen molar-refractivity contribution in [2.45, 2.75) is 0 Å². The molecule has 0 saturated carbocycles. The molecule has 144 valence electrons. The third kappa shape index (κ3) is 4.07. The molecule has 1 aliphatic rings. The van der Waals surface area contributed by atoms with Gasteiger partial charge in [0.15, 0.2) is 10.4 Å². The van der Waals surface area contributed by atoms with Crippen molar-refractivity contribution in [2.75, 3.05) is 26.3 Å². The van der Waals surface area contributed by atoms with E-state index in [9.17, 15) is 9.59 Å². The molecule has 7 nitrogen and oxygen atoms in total. The highest BCUT2D eigenvalue weighted by Gasteiger charge is 2.24. The van der Waals surface area contributed by atoms with E-state index in [1.165, 1.54) is 11.3 Å². The predicted octanol–water partition coefficient (Wildman–Crippen LogP) is 2.86. The third-order valence-corrected chi connectivity index (χ3v) is 6.08. The fraction of sp³-hybridized carbons (Fsp3) is 0.222. The van der Waals surface area contributed by atoms with Crippen molar-refractivity contribution in [3.8, 4) is 5.69 Å². The summed E-state index contributed by atoms with van der Waals surface area (Å²) in [7, 11) is 0. The van der Waals surface area contributed by atoms with Gasteiger partial charge in [0.2, 0.25) is 0 Å². The number of hydrogen-bond acceptors (Lipinski definition) is 6. The van der Waals surface area contributed by atoms with E-state index in [1.54, 1.807) is 45.4 Å². The molecule has 0 spiro atoms. The number of rotatable bonds is 3. The lowest BCUT2D eigenvalue weighted by molar-refractivity contribution is 0.0297. The SMILES string of the molecule is O=C(N=c1sn(-c2ccc(Cl)cc2)nc1C(=O)N1CCOCC1)c1cccs1. The predicted molar refractivity (Wildman–Crippen MR) is 107 cm³/mol. The van der Waals surface area contributed by atoms with Gasteiger partial charge in [-0.25, -0.2) is 0 Å². The number of thiophene rings is 1. The van der Waals surface area contributed by atoms with Crippen LogP contribution in [0.2, 0.25) is 5.02 Å². The van der Waals surface area contributed by atoms with Crippen molar-refractivity contribution < 1.29 is 14.3 Å². The highest BCUT2D eigenvalue weighted by molar-refractivity contribution is 7.12. The number of aromatic nitrogens is 2. The number of amides is 2. The molecule has 2 amide bonds. The Kier molecular flexibility index (Phi) is 5.67. The number of nitrogens with zero attached hydrogens (tertiary/aromatic N) is 4. The van der Waals surface area contributed by atoms with E-state index >= 15 is 0 Å². The molecule has 1 fully saturated rings. The summed E-state index contributed by atoms with van der Waals surface area (Å²) in [6.45, 7) is 1.92. The van der Waals surface area contributed by atoms with Crippen LogP contribution in [0.25, 0.3) is 5.69 Å². The van der Waals surface area contributed by atoms with Gasteiger partial charge in [-0.2, -0.15) is 9.06 Å². The van der Waals surface area contributed by atoms with Gasteiger partial charge in [-0.1, -0.05) is 17.7 Å². The zero-order valence-corrected chi connectivity index (χ0v) is 17.0. The summed E-state index contributed by atoms with van der Waals surface area (Å²) in [5.41, 5.74) is 0.891. The van der Waals surface area contributed by atoms with Crippen molar-refractivity contribution >= 4 is 46.3 Å². The van der Waals surface area contributed by atoms with E-state index < -0.39 is 5.91 Å². The van der Waals surface area contributed by atoms with Crippen molar-refractivity contribution in [3.63, 3.8) is 0 Å². The molecule has 4 rings (SSSR count). The third-order valence-electron chi connectivity index (χ3n) is 4.05. The molecule has 3 heterocycles. The Hall–Kier alpha value is -2.33. The van der Waals surface area contributed by atoms with Crippen LogP contribution in [0.3, 0.4) is 0 Å². The maximum Gasteiger partial charge on any atom is 0.288 e. The minimum absolute atomic E-state index is 0.159. The summed E-state index contributed by atoms with van der Waals surface area (Å²) in [5, 5.41) is 6.85. The van der Waals surface area contributed by atoms with Crippen molar-refractivity contribution in [3.05, 3.63) is 62.0 Å². The minimum atomic E-state index is -0.391. The van der Waals surface area contributed by atoms with Crippen LogP contribution in [0.5, 0.6) is 0 Å². The molecule has 0 bridgehead atoms. The molecular formula is C18H15ClN4O3S2. The van der Waals surface area contributed by atoms with Gasteiger partial charge < -0.3 is 9.64 Å². The van der Waals surface area contributed by atoms with Crippen LogP contribution in [-0.4, -0.2) is 52.2 Å². The van der Waals surface area contributed by atoms with E-state index in [1.807, 2.05) is 5.38 Å². The summed E-state index contributed by atoms with van der Waals surface area (Å²) in [6, 6.07) is 10.5. The standard InChI is InChI=1S/C18H15ClN4O3S2/c19-12-3-5-13(6-4-12)23-21-15(18(25)22-7-9-26-10-8-22)17(28-23)20-16(24)14-2-1-11-27-14/h1-6,11H,7-10H2. The Bertz CT molecular complexity index is 1050. The highest BCUT2D eigenvalue weighted by atomic mass is 35.5. The fourth-order valence-corrected chi connectivity index (χ4v) is 4.21. The number of morpholine rings is 1. The minimum Gasteiger partial charge on any atom is -0.378 e. The molecule has 3 aromatic rings. The zero-order valence-electron chi connectivity index (χ0n) is 14.6. The molecule has 1 saturated heterocycles. The molecular weight excluding hydrogens is 420 g/mol. The van der Waals surface area contributed by atoms with Gasteiger partial charge in [0.1, 0.15) is 0 Å². The molecule has 0 radical (unpaired) electrons. The first-order valence-corrected chi connectivity index (χ1v) is 10.5. The molecule has 2 aromatic heterocycles. The normalized spacial score (nSPS) is 15.0. The fourth-order valence-electron chi connectivity index (χ4n) is 2.63. The number of carbonyl (C=O) groups excluding carboxylic acids is 2. The summed E-state index contributed by atoms with van der Waals surface area (Å²) < 4.78 is 7.17. The first-order chi connectivity index (χ1) is 13.6. The van der Waals surface area contributed by atoms with E-state index in [0.717, 1.165) is 17.2 Å². The molecule has 1 aliphatic heterocycles. The van der Waals surface area contributed by atoms with Crippen LogP contribution in [0.1, 0.15) is 20.2 Å². The van der Waals surface area contributed by atoms with Crippen molar-refractivity contribution in [1.29, 1.82) is 0 Å². The van der Waals surface area contributed by atoms with Crippen LogP contribution >= 0.6 is 34.5 Å². The van der Waals surface area contributed by atoms with Gasteiger partial charge in [0.25, 0.3) is 11.8 Å². The van der Waals surface area contributed by atoms with Gasteiger partial charge in [0.05, 0.1) is 23.8 Å². The summed E-state index contributed by atoms with van der Waals surface area (Å²) in [6.07, 6.45) is 0. The number of carbonyl (C=O) groups is 2. The van der Waals surface area contributed by atoms with Crippen LogP contribution < -0.4 is 4.67 Å². The van der Waals surface area contributed by atoms with Gasteiger partial charge >= 0.3 is 0 Å². The number of benzene rings is 1. The number of hydrogen-bond donors (Lipinski definition) is 0. The topological polar surface area (TPSA) is 76.8 Å². The second-order valence-corrected chi connectivity index (χ2v) is 8.19. The van der Waals surface area contributed by atoms with E-state index in [2.05, 4.69) is 10.1 Å². The second kappa shape index (κ2) is 8.36. The summed E-state index contributed by atoms with van der Waals surface area (Å²) >= 11 is 8.39. The summed E-state index contributed by atoms with van der Waals surface area (Å²) in [5.74, 6) is -0.650. The lowest BCUT2D eigenvalue weighted by atomic mass is 10.3. The largest absolute Gasteiger partial charge is 0.378 e. The Morgan fingerprint density at radius 3 is 2.57 bits per heavy atom. The summed E-state index contributed by atoms with van der Waals surface area (Å²) in [4.78, 5) is 31.8. The average molecular weight is 435 g/mol. The van der Waals surface area contributed by atoms with Crippen LogP contribution in [0.15, 0.2) is 46.8 Å². The van der Waals surface area contributed by atoms with Crippen LogP contribution in [0.4, 0.5) is 0 Å². The lowest BCUT2D eigenvalue weighted by Gasteiger charge is -2.25. The van der Waals surface area contributed by atoms with Crippen molar-refractivity contribution in [2.24, 2.45) is 4.99 Å². The van der Waals surface area contributed by atoms with Gasteiger partial charge in [-0.3, -0.25) is 9.59 Å². The molecule has 0 N–H and O–H groups in total. The van der Waals surface area contributed by atoms with Gasteiger partial charge in [0, 0.05) is 18.1 Å². The zero-order chi connectivity index (χ0) is 19.5. The molecule has 0 unspecified atom stereocenters.